The molecule has 0 aromatic heterocycles. The van der Waals surface area contributed by atoms with Crippen LogP contribution in [0, 0.1) is 17.2 Å². The molecule has 1 atom stereocenters. The number of carbonyl (C=O) groups excluding carboxylic acids is 1. The zero-order valence-corrected chi connectivity index (χ0v) is 8.08. The minimum absolute atomic E-state index is 0.0968. The summed E-state index contributed by atoms with van der Waals surface area (Å²) in [6.07, 6.45) is 1.60. The fraction of sp³-hybridized carbons (Fsp3) is 0.333. The van der Waals surface area contributed by atoms with Crippen LogP contribution in [0.3, 0.4) is 0 Å². The van der Waals surface area contributed by atoms with E-state index in [0.717, 1.165) is 24.0 Å². The van der Waals surface area contributed by atoms with Gasteiger partial charge in [-0.1, -0.05) is 19.1 Å². The number of Topliss-reactive ketones (excluding diaryl/α,β-unsaturated/α-hetero) is 1. The molecule has 0 amide bonds. The van der Waals surface area contributed by atoms with Crippen molar-refractivity contribution in [3.05, 3.63) is 34.9 Å². The number of benzene rings is 1. The number of nitriles is 1. The number of fused-ring (bicyclic) bond motifs is 1. The van der Waals surface area contributed by atoms with Gasteiger partial charge in [0.15, 0.2) is 5.78 Å². The Bertz CT molecular complexity index is 428. The average molecular weight is 185 g/mol. The van der Waals surface area contributed by atoms with E-state index < -0.39 is 0 Å². The Morgan fingerprint density at radius 3 is 3.00 bits per heavy atom. The zero-order valence-electron chi connectivity index (χ0n) is 8.08. The predicted octanol–water partition coefficient (Wildman–Crippen LogP) is 2.32. The van der Waals surface area contributed by atoms with E-state index in [1.165, 1.54) is 0 Å². The zero-order chi connectivity index (χ0) is 10.1. The lowest BCUT2D eigenvalue weighted by Crippen LogP contribution is -2.06. The molecular formula is C12H11NO. The predicted molar refractivity (Wildman–Crippen MR) is 53.0 cm³/mol. The quantitative estimate of drug-likeness (QED) is 0.673. The highest BCUT2D eigenvalue weighted by atomic mass is 16.1. The Kier molecular flexibility index (Phi) is 2.09. The summed E-state index contributed by atoms with van der Waals surface area (Å²) in [5.74, 6) is 0.305. The van der Waals surface area contributed by atoms with Gasteiger partial charge in [-0.2, -0.15) is 5.26 Å². The van der Waals surface area contributed by atoms with E-state index >= 15 is 0 Å². The number of hydrogen-bond acceptors (Lipinski definition) is 2. The molecule has 0 spiro atoms. The largest absolute Gasteiger partial charge is 0.294 e. The van der Waals surface area contributed by atoms with Gasteiger partial charge in [0.1, 0.15) is 0 Å². The SMILES string of the molecule is CCC1Cc2c(C#N)cccc2C1=O. The second-order valence-corrected chi connectivity index (χ2v) is 3.62. The second kappa shape index (κ2) is 3.26. The van der Waals surface area contributed by atoms with Crippen LogP contribution in [-0.4, -0.2) is 5.78 Å². The van der Waals surface area contributed by atoms with Crippen molar-refractivity contribution >= 4 is 5.78 Å². The summed E-state index contributed by atoms with van der Waals surface area (Å²) < 4.78 is 0. The van der Waals surface area contributed by atoms with Crippen molar-refractivity contribution in [2.75, 3.05) is 0 Å². The lowest BCUT2D eigenvalue weighted by molar-refractivity contribution is 0.0934. The molecule has 1 unspecified atom stereocenters. The minimum atomic E-state index is 0.0968. The summed E-state index contributed by atoms with van der Waals surface area (Å²) >= 11 is 0. The summed E-state index contributed by atoms with van der Waals surface area (Å²) in [6.45, 7) is 2.01. The van der Waals surface area contributed by atoms with E-state index in [4.69, 9.17) is 5.26 Å². The highest BCUT2D eigenvalue weighted by Crippen LogP contribution is 2.30. The number of carbonyl (C=O) groups is 1. The van der Waals surface area contributed by atoms with Crippen molar-refractivity contribution in [2.24, 2.45) is 5.92 Å². The van der Waals surface area contributed by atoms with Crippen LogP contribution in [0.4, 0.5) is 0 Å². The lowest BCUT2D eigenvalue weighted by Gasteiger charge is -2.00. The number of rotatable bonds is 1. The molecule has 0 bridgehead atoms. The Labute approximate surface area is 83.2 Å². The van der Waals surface area contributed by atoms with Crippen LogP contribution >= 0.6 is 0 Å². The first-order valence-electron chi connectivity index (χ1n) is 4.84. The Morgan fingerprint density at radius 2 is 2.36 bits per heavy atom. The van der Waals surface area contributed by atoms with E-state index in [0.29, 0.717) is 5.56 Å². The van der Waals surface area contributed by atoms with Gasteiger partial charge in [-0.25, -0.2) is 0 Å². The summed E-state index contributed by atoms with van der Waals surface area (Å²) in [5, 5.41) is 8.89. The number of ketones is 1. The van der Waals surface area contributed by atoms with Crippen LogP contribution in [0.5, 0.6) is 0 Å². The van der Waals surface area contributed by atoms with Crippen molar-refractivity contribution in [3.63, 3.8) is 0 Å². The molecule has 1 aliphatic rings. The molecule has 2 nitrogen and oxygen atoms in total. The van der Waals surface area contributed by atoms with Gasteiger partial charge in [-0.05, 0) is 24.5 Å². The van der Waals surface area contributed by atoms with E-state index in [1.54, 1.807) is 12.1 Å². The topological polar surface area (TPSA) is 40.9 Å². The van der Waals surface area contributed by atoms with Gasteiger partial charge in [-0.15, -0.1) is 0 Å². The van der Waals surface area contributed by atoms with Gasteiger partial charge in [0, 0.05) is 11.5 Å². The average Bonchev–Trinajstić information content (AvgIpc) is 2.55. The first kappa shape index (κ1) is 8.96. The van der Waals surface area contributed by atoms with Gasteiger partial charge < -0.3 is 0 Å². The van der Waals surface area contributed by atoms with Crippen molar-refractivity contribution in [1.82, 2.24) is 0 Å². The van der Waals surface area contributed by atoms with E-state index in [9.17, 15) is 4.79 Å². The summed E-state index contributed by atoms with van der Waals surface area (Å²) in [6, 6.07) is 7.53. The van der Waals surface area contributed by atoms with Gasteiger partial charge in [0.05, 0.1) is 11.6 Å². The van der Waals surface area contributed by atoms with Crippen LogP contribution in [0.25, 0.3) is 0 Å². The monoisotopic (exact) mass is 185 g/mol. The Balaban J connectivity index is 2.54. The summed E-state index contributed by atoms with van der Waals surface area (Å²) in [4.78, 5) is 11.8. The molecule has 0 radical (unpaired) electrons. The third kappa shape index (κ3) is 1.13. The van der Waals surface area contributed by atoms with Crippen molar-refractivity contribution in [3.8, 4) is 6.07 Å². The maximum atomic E-state index is 11.8. The van der Waals surface area contributed by atoms with E-state index in [1.807, 2.05) is 13.0 Å². The molecule has 1 aromatic rings. The summed E-state index contributed by atoms with van der Waals surface area (Å²) in [5.41, 5.74) is 2.37. The molecule has 14 heavy (non-hydrogen) atoms. The highest BCUT2D eigenvalue weighted by Gasteiger charge is 2.30. The van der Waals surface area contributed by atoms with Crippen LogP contribution in [0.15, 0.2) is 18.2 Å². The molecule has 0 saturated carbocycles. The lowest BCUT2D eigenvalue weighted by atomic mass is 10.0. The van der Waals surface area contributed by atoms with Crippen molar-refractivity contribution < 1.29 is 4.79 Å². The van der Waals surface area contributed by atoms with Crippen molar-refractivity contribution in [2.45, 2.75) is 19.8 Å². The molecule has 0 heterocycles. The van der Waals surface area contributed by atoms with Crippen LogP contribution in [0.1, 0.15) is 34.8 Å². The first-order valence-corrected chi connectivity index (χ1v) is 4.84. The molecule has 2 heteroatoms. The minimum Gasteiger partial charge on any atom is -0.294 e. The molecule has 2 rings (SSSR count). The molecule has 1 aliphatic carbocycles. The highest BCUT2D eigenvalue weighted by molar-refractivity contribution is 6.02. The van der Waals surface area contributed by atoms with Gasteiger partial charge in [-0.3, -0.25) is 4.79 Å². The fourth-order valence-electron chi connectivity index (χ4n) is 2.03. The smallest absolute Gasteiger partial charge is 0.166 e. The van der Waals surface area contributed by atoms with Crippen LogP contribution in [0.2, 0.25) is 0 Å². The maximum absolute atomic E-state index is 11.8. The second-order valence-electron chi connectivity index (χ2n) is 3.62. The standard InChI is InChI=1S/C12H11NO/c1-2-8-6-11-9(7-13)4-3-5-10(11)12(8)14/h3-5,8H,2,6H2,1H3. The molecule has 0 aliphatic heterocycles. The molecule has 1 aromatic carbocycles. The summed E-state index contributed by atoms with van der Waals surface area (Å²) in [7, 11) is 0. The van der Waals surface area contributed by atoms with Gasteiger partial charge >= 0.3 is 0 Å². The molecule has 0 fully saturated rings. The fourth-order valence-corrected chi connectivity index (χ4v) is 2.03. The van der Waals surface area contributed by atoms with Crippen LogP contribution < -0.4 is 0 Å². The normalized spacial score (nSPS) is 19.1. The Morgan fingerprint density at radius 1 is 1.57 bits per heavy atom. The maximum Gasteiger partial charge on any atom is 0.166 e. The van der Waals surface area contributed by atoms with Crippen molar-refractivity contribution in [1.29, 1.82) is 5.26 Å². The third-order valence-corrected chi connectivity index (χ3v) is 2.88. The Hall–Kier alpha value is -1.62. The molecule has 0 N–H and O–H groups in total. The third-order valence-electron chi connectivity index (χ3n) is 2.88. The molecule has 70 valence electrons. The van der Waals surface area contributed by atoms with Gasteiger partial charge in [0.25, 0.3) is 0 Å². The van der Waals surface area contributed by atoms with Crippen LogP contribution in [-0.2, 0) is 6.42 Å². The first-order chi connectivity index (χ1) is 6.77. The van der Waals surface area contributed by atoms with Gasteiger partial charge in [0.2, 0.25) is 0 Å². The van der Waals surface area contributed by atoms with E-state index in [-0.39, 0.29) is 11.7 Å². The van der Waals surface area contributed by atoms with E-state index in [2.05, 4.69) is 6.07 Å². The molecular weight excluding hydrogens is 174 g/mol. The number of nitrogens with zero attached hydrogens (tertiary/aromatic N) is 1. The molecule has 0 saturated heterocycles. The number of hydrogen-bond donors (Lipinski definition) is 0.